The summed E-state index contributed by atoms with van der Waals surface area (Å²) in [5, 5.41) is 10.9. The van der Waals surface area contributed by atoms with E-state index in [1.54, 1.807) is 13.0 Å². The molecule has 2 aromatic heterocycles. The molecule has 2 aromatic rings. The van der Waals surface area contributed by atoms with Gasteiger partial charge in [0.05, 0.1) is 13.4 Å². The third-order valence-electron chi connectivity index (χ3n) is 2.66. The van der Waals surface area contributed by atoms with Crippen molar-refractivity contribution in [3.8, 4) is 5.75 Å². The van der Waals surface area contributed by atoms with Crippen LogP contribution in [0.15, 0.2) is 28.9 Å². The number of furan rings is 1. The molecule has 2 heterocycles. The molecule has 0 unspecified atom stereocenters. The summed E-state index contributed by atoms with van der Waals surface area (Å²) < 4.78 is 15.0. The normalized spacial score (nSPS) is 10.2. The maximum atomic E-state index is 11.5. The van der Waals surface area contributed by atoms with Gasteiger partial charge >= 0.3 is 11.8 Å². The number of rotatable bonds is 5. The van der Waals surface area contributed by atoms with Crippen LogP contribution in [0.4, 0.5) is 5.82 Å². The highest BCUT2D eigenvalue weighted by Crippen LogP contribution is 2.26. The number of hydrogen-bond donors (Lipinski definition) is 0. The molecule has 0 radical (unpaired) electrons. The summed E-state index contributed by atoms with van der Waals surface area (Å²) in [6, 6.07) is 4.47. The van der Waals surface area contributed by atoms with Gasteiger partial charge in [-0.15, -0.1) is 0 Å². The third kappa shape index (κ3) is 3.16. The van der Waals surface area contributed by atoms with Crippen LogP contribution in [0.1, 0.15) is 21.8 Å². The number of carbonyl (C=O) groups excluding carboxylic acids is 1. The Balaban J connectivity index is 2.19. The van der Waals surface area contributed by atoms with E-state index in [2.05, 4.69) is 9.72 Å². The van der Waals surface area contributed by atoms with E-state index in [1.807, 2.05) is 0 Å². The molecule has 0 aliphatic carbocycles. The highest BCUT2D eigenvalue weighted by Gasteiger charge is 2.20. The minimum atomic E-state index is -0.633. The average Bonchev–Trinajstić information content (AvgIpc) is 2.93. The molecule has 0 amide bonds. The summed E-state index contributed by atoms with van der Waals surface area (Å²) in [6.07, 6.45) is 1.31. The third-order valence-corrected chi connectivity index (χ3v) is 2.66. The Morgan fingerprint density at radius 2 is 2.19 bits per heavy atom. The van der Waals surface area contributed by atoms with Crippen molar-refractivity contribution in [1.29, 1.82) is 0 Å². The Bertz CT molecular complexity index is 679. The zero-order chi connectivity index (χ0) is 15.4. The lowest BCUT2D eigenvalue weighted by molar-refractivity contribution is -0.390. The van der Waals surface area contributed by atoms with Crippen molar-refractivity contribution in [3.05, 3.63) is 51.6 Å². The molecular weight excluding hydrogens is 280 g/mol. The van der Waals surface area contributed by atoms with Crippen molar-refractivity contribution in [2.45, 2.75) is 13.5 Å². The Morgan fingerprint density at radius 1 is 1.43 bits per heavy atom. The SMILES string of the molecule is COC(=O)c1ccoc1COc1ccc(C)nc1[N+](=O)[O-]. The first kappa shape index (κ1) is 14.5. The largest absolute Gasteiger partial charge is 0.477 e. The fourth-order valence-electron chi connectivity index (χ4n) is 1.66. The second-order valence-corrected chi connectivity index (χ2v) is 4.07. The molecule has 0 N–H and O–H groups in total. The van der Waals surface area contributed by atoms with Crippen molar-refractivity contribution < 1.29 is 23.6 Å². The van der Waals surface area contributed by atoms with Gasteiger partial charge in [-0.25, -0.2) is 4.79 Å². The van der Waals surface area contributed by atoms with Crippen molar-refractivity contribution in [2.24, 2.45) is 0 Å². The molecule has 0 spiro atoms. The lowest BCUT2D eigenvalue weighted by atomic mass is 10.2. The van der Waals surface area contributed by atoms with E-state index in [0.717, 1.165) is 0 Å². The number of hydrogen-bond acceptors (Lipinski definition) is 7. The number of esters is 1. The van der Waals surface area contributed by atoms with E-state index in [0.29, 0.717) is 5.69 Å². The summed E-state index contributed by atoms with van der Waals surface area (Å²) >= 11 is 0. The van der Waals surface area contributed by atoms with Crippen LogP contribution in [0.25, 0.3) is 0 Å². The number of pyridine rings is 1. The van der Waals surface area contributed by atoms with E-state index in [4.69, 9.17) is 9.15 Å². The van der Waals surface area contributed by atoms with Gasteiger partial charge < -0.3 is 24.0 Å². The van der Waals surface area contributed by atoms with Gasteiger partial charge in [-0.1, -0.05) is 0 Å². The summed E-state index contributed by atoms with van der Waals surface area (Å²) in [6.45, 7) is 1.49. The van der Waals surface area contributed by atoms with E-state index in [-0.39, 0.29) is 29.5 Å². The maximum Gasteiger partial charge on any atom is 0.406 e. The van der Waals surface area contributed by atoms with Crippen molar-refractivity contribution in [1.82, 2.24) is 4.98 Å². The molecule has 8 heteroatoms. The van der Waals surface area contributed by atoms with E-state index in [1.165, 1.54) is 25.5 Å². The Labute approximate surface area is 119 Å². The molecule has 0 saturated heterocycles. The van der Waals surface area contributed by atoms with Crippen molar-refractivity contribution in [2.75, 3.05) is 7.11 Å². The summed E-state index contributed by atoms with van der Waals surface area (Å²) in [7, 11) is 1.24. The zero-order valence-corrected chi connectivity index (χ0v) is 11.4. The predicted octanol–water partition coefficient (Wildman–Crippen LogP) is 2.26. The van der Waals surface area contributed by atoms with Crippen LogP contribution in [0.3, 0.4) is 0 Å². The lowest BCUT2D eigenvalue weighted by Crippen LogP contribution is -2.06. The first-order valence-electron chi connectivity index (χ1n) is 5.92. The molecule has 0 saturated carbocycles. The molecule has 2 rings (SSSR count). The molecule has 0 bridgehead atoms. The van der Waals surface area contributed by atoms with Crippen LogP contribution < -0.4 is 4.74 Å². The van der Waals surface area contributed by atoms with E-state index in [9.17, 15) is 14.9 Å². The van der Waals surface area contributed by atoms with Crippen molar-refractivity contribution in [3.63, 3.8) is 0 Å². The Morgan fingerprint density at radius 3 is 2.86 bits per heavy atom. The minimum Gasteiger partial charge on any atom is -0.477 e. The first-order valence-corrected chi connectivity index (χ1v) is 5.92. The highest BCUT2D eigenvalue weighted by atomic mass is 16.6. The van der Waals surface area contributed by atoms with Gasteiger partial charge in [0.25, 0.3) is 0 Å². The van der Waals surface area contributed by atoms with E-state index >= 15 is 0 Å². The van der Waals surface area contributed by atoms with Gasteiger partial charge in [0.15, 0.2) is 5.76 Å². The first-order chi connectivity index (χ1) is 10.0. The maximum absolute atomic E-state index is 11.5. The zero-order valence-electron chi connectivity index (χ0n) is 11.4. The van der Waals surface area contributed by atoms with Gasteiger partial charge in [-0.2, -0.15) is 0 Å². The number of nitrogens with zero attached hydrogens (tertiary/aromatic N) is 2. The van der Waals surface area contributed by atoms with Gasteiger partial charge in [0.1, 0.15) is 17.9 Å². The number of ether oxygens (including phenoxy) is 2. The molecule has 0 atom stereocenters. The number of aromatic nitrogens is 1. The van der Waals surface area contributed by atoms with Crippen LogP contribution in [-0.4, -0.2) is 23.0 Å². The molecule has 8 nitrogen and oxygen atoms in total. The minimum absolute atomic E-state index is 0.00202. The fraction of sp³-hybridized carbons (Fsp3) is 0.231. The average molecular weight is 292 g/mol. The van der Waals surface area contributed by atoms with Crippen LogP contribution in [0.2, 0.25) is 0 Å². The smallest absolute Gasteiger partial charge is 0.406 e. The molecule has 21 heavy (non-hydrogen) atoms. The summed E-state index contributed by atoms with van der Waals surface area (Å²) in [4.78, 5) is 25.6. The standard InChI is InChI=1S/C13H12N2O6/c1-8-3-4-10(12(14-8)15(17)18)21-7-11-9(5-6-20-11)13(16)19-2/h3-6H,7H2,1-2H3. The fourth-order valence-corrected chi connectivity index (χ4v) is 1.66. The van der Waals surface area contributed by atoms with E-state index < -0.39 is 10.9 Å². The van der Waals surface area contributed by atoms with Crippen molar-refractivity contribution >= 4 is 11.8 Å². The van der Waals surface area contributed by atoms with Gasteiger partial charge in [0.2, 0.25) is 5.75 Å². The molecule has 0 aliphatic rings. The number of nitro groups is 1. The number of methoxy groups -OCH3 is 1. The molecule has 0 aromatic carbocycles. The topological polar surface area (TPSA) is 105 Å². The van der Waals surface area contributed by atoms with Gasteiger partial charge in [-0.05, 0) is 28.1 Å². The molecular formula is C13H12N2O6. The summed E-state index contributed by atoms with van der Waals surface area (Å²) in [5.41, 5.74) is 0.711. The molecule has 0 fully saturated rings. The Hall–Kier alpha value is -2.90. The predicted molar refractivity (Wildman–Crippen MR) is 70.0 cm³/mol. The summed E-state index contributed by atoms with van der Waals surface area (Å²) in [5.74, 6) is -0.741. The van der Waals surface area contributed by atoms with Gasteiger partial charge in [0, 0.05) is 6.92 Å². The molecule has 0 aliphatic heterocycles. The van der Waals surface area contributed by atoms with Crippen LogP contribution in [0.5, 0.6) is 5.75 Å². The van der Waals surface area contributed by atoms with Crippen LogP contribution in [0, 0.1) is 17.0 Å². The molecule has 110 valence electrons. The van der Waals surface area contributed by atoms with Crippen LogP contribution in [-0.2, 0) is 11.3 Å². The van der Waals surface area contributed by atoms with Gasteiger partial charge in [-0.3, -0.25) is 0 Å². The quantitative estimate of drug-likeness (QED) is 0.472. The second kappa shape index (κ2) is 6.04. The van der Waals surface area contributed by atoms with Crippen LogP contribution >= 0.6 is 0 Å². The lowest BCUT2D eigenvalue weighted by Gasteiger charge is -2.06. The number of carbonyl (C=O) groups is 1. The number of aryl methyl sites for hydroxylation is 1. The second-order valence-electron chi connectivity index (χ2n) is 4.07. The monoisotopic (exact) mass is 292 g/mol. The highest BCUT2D eigenvalue weighted by molar-refractivity contribution is 5.90. The Kier molecular flexibility index (Phi) is 4.17.